The summed E-state index contributed by atoms with van der Waals surface area (Å²) >= 11 is 0. The molecule has 0 radical (unpaired) electrons. The molecule has 8 nitrogen and oxygen atoms in total. The van der Waals surface area contributed by atoms with Crippen LogP contribution in [0.4, 0.5) is 4.79 Å². The minimum atomic E-state index is -0.987. The van der Waals surface area contributed by atoms with Gasteiger partial charge in [0, 0.05) is 12.3 Å². The molecular weight excluding hydrogens is 324 g/mol. The molecule has 3 aliphatic rings. The van der Waals surface area contributed by atoms with Gasteiger partial charge in [0.15, 0.2) is 5.92 Å². The lowest BCUT2D eigenvalue weighted by atomic mass is 9.92. The molecule has 1 aliphatic carbocycles. The van der Waals surface area contributed by atoms with Crippen LogP contribution in [-0.4, -0.2) is 74.4 Å². The van der Waals surface area contributed by atoms with Crippen LogP contribution < -0.4 is 10.2 Å². The molecule has 4 amide bonds. The molecule has 3 rings (SSSR count). The molecule has 0 aromatic rings. The third-order valence-electron chi connectivity index (χ3n) is 5.22. The van der Waals surface area contributed by atoms with Gasteiger partial charge in [-0.15, -0.1) is 0 Å². The van der Waals surface area contributed by atoms with Crippen LogP contribution in [0, 0.1) is 5.92 Å². The van der Waals surface area contributed by atoms with Crippen molar-refractivity contribution in [3.8, 4) is 0 Å². The second-order valence-corrected chi connectivity index (χ2v) is 6.94. The van der Waals surface area contributed by atoms with E-state index in [1.807, 2.05) is 0 Å². The Bertz CT molecular complexity index is 539. The average Bonchev–Trinajstić information content (AvgIpc) is 2.62. The Morgan fingerprint density at radius 1 is 1.16 bits per heavy atom. The SMILES string of the molecule is O=C1NC(=O)N(C2CCCCC2)C(=O)[C@@H]1C=NCC[NH+]1CCOCC1. The average molecular weight is 351 g/mol. The molecule has 2 aliphatic heterocycles. The monoisotopic (exact) mass is 351 g/mol. The summed E-state index contributed by atoms with van der Waals surface area (Å²) in [6.07, 6.45) is 6.20. The third-order valence-corrected chi connectivity index (χ3v) is 5.22. The van der Waals surface area contributed by atoms with E-state index in [2.05, 4.69) is 10.3 Å². The van der Waals surface area contributed by atoms with Crippen molar-refractivity contribution in [3.63, 3.8) is 0 Å². The summed E-state index contributed by atoms with van der Waals surface area (Å²) < 4.78 is 5.31. The predicted molar refractivity (Wildman–Crippen MR) is 90.5 cm³/mol. The zero-order chi connectivity index (χ0) is 17.6. The van der Waals surface area contributed by atoms with Crippen LogP contribution >= 0.6 is 0 Å². The van der Waals surface area contributed by atoms with Gasteiger partial charge < -0.3 is 9.64 Å². The van der Waals surface area contributed by atoms with Gasteiger partial charge in [0.25, 0.3) is 0 Å². The maximum atomic E-state index is 12.7. The fourth-order valence-electron chi connectivity index (χ4n) is 3.73. The van der Waals surface area contributed by atoms with Crippen molar-refractivity contribution in [2.24, 2.45) is 10.9 Å². The summed E-state index contributed by atoms with van der Waals surface area (Å²) in [7, 11) is 0. The molecule has 0 unspecified atom stereocenters. The zero-order valence-electron chi connectivity index (χ0n) is 14.5. The summed E-state index contributed by atoms with van der Waals surface area (Å²) in [5.74, 6) is -1.98. The number of carbonyl (C=O) groups excluding carboxylic acids is 3. The molecule has 25 heavy (non-hydrogen) atoms. The van der Waals surface area contributed by atoms with Crippen LogP contribution in [0.3, 0.4) is 0 Å². The molecular formula is C17H27N4O4+. The number of amides is 4. The van der Waals surface area contributed by atoms with Gasteiger partial charge in [0.2, 0.25) is 11.8 Å². The van der Waals surface area contributed by atoms with Crippen LogP contribution in [0.2, 0.25) is 0 Å². The number of morpholine rings is 1. The molecule has 0 bridgehead atoms. The first kappa shape index (κ1) is 18.0. The summed E-state index contributed by atoms with van der Waals surface area (Å²) in [5, 5.41) is 2.31. The van der Waals surface area contributed by atoms with Gasteiger partial charge in [0.05, 0.1) is 26.3 Å². The maximum Gasteiger partial charge on any atom is 0.331 e. The standard InChI is InChI=1S/C17H26N4O4/c22-15-14(12-18-6-7-20-8-10-25-11-9-20)16(23)21(17(24)19-15)13-4-2-1-3-5-13/h12-14H,1-11H2,(H,19,22,24)/p+1/t14-/m1/s1. The highest BCUT2D eigenvalue weighted by molar-refractivity contribution is 6.23. The van der Waals surface area contributed by atoms with Crippen molar-refractivity contribution in [2.45, 2.75) is 38.1 Å². The van der Waals surface area contributed by atoms with E-state index in [-0.39, 0.29) is 6.04 Å². The number of nitrogens with zero attached hydrogens (tertiary/aromatic N) is 2. The Hall–Kier alpha value is -1.80. The van der Waals surface area contributed by atoms with Crippen molar-refractivity contribution >= 4 is 24.1 Å². The van der Waals surface area contributed by atoms with E-state index >= 15 is 0 Å². The molecule has 2 heterocycles. The first-order chi connectivity index (χ1) is 12.2. The molecule has 0 aromatic heterocycles. The van der Waals surface area contributed by atoms with E-state index in [0.717, 1.165) is 65.0 Å². The molecule has 2 saturated heterocycles. The topological polar surface area (TPSA) is 92.5 Å². The summed E-state index contributed by atoms with van der Waals surface area (Å²) in [4.78, 5) is 43.8. The third kappa shape index (κ3) is 4.43. The highest BCUT2D eigenvalue weighted by Crippen LogP contribution is 2.25. The first-order valence-corrected chi connectivity index (χ1v) is 9.26. The number of barbiturate groups is 1. The number of urea groups is 1. The molecule has 0 spiro atoms. The lowest BCUT2D eigenvalue weighted by molar-refractivity contribution is -0.906. The smallest absolute Gasteiger partial charge is 0.331 e. The van der Waals surface area contributed by atoms with Crippen LogP contribution in [-0.2, 0) is 14.3 Å². The number of quaternary nitrogens is 1. The van der Waals surface area contributed by atoms with E-state index in [0.29, 0.717) is 6.54 Å². The number of carbonyl (C=O) groups is 3. The Balaban J connectivity index is 1.57. The Labute approximate surface area is 147 Å². The van der Waals surface area contributed by atoms with Crippen molar-refractivity contribution in [3.05, 3.63) is 0 Å². The largest absolute Gasteiger partial charge is 0.370 e. The molecule has 8 heteroatoms. The lowest BCUT2D eigenvalue weighted by Gasteiger charge is -2.36. The van der Waals surface area contributed by atoms with Crippen LogP contribution in [0.25, 0.3) is 0 Å². The Morgan fingerprint density at radius 3 is 2.60 bits per heavy atom. The van der Waals surface area contributed by atoms with Gasteiger partial charge >= 0.3 is 6.03 Å². The van der Waals surface area contributed by atoms with E-state index in [1.165, 1.54) is 16.0 Å². The van der Waals surface area contributed by atoms with Crippen LogP contribution in [0.1, 0.15) is 32.1 Å². The van der Waals surface area contributed by atoms with E-state index in [1.54, 1.807) is 0 Å². The number of hydrogen-bond donors (Lipinski definition) is 2. The maximum absolute atomic E-state index is 12.7. The van der Waals surface area contributed by atoms with Gasteiger partial charge in [-0.2, -0.15) is 0 Å². The van der Waals surface area contributed by atoms with Crippen molar-refractivity contribution in [2.75, 3.05) is 39.4 Å². The fraction of sp³-hybridized carbons (Fsp3) is 0.765. The molecule has 2 N–H and O–H groups in total. The Morgan fingerprint density at radius 2 is 1.88 bits per heavy atom. The summed E-state index contributed by atoms with van der Waals surface area (Å²) in [5.41, 5.74) is 0. The molecule has 1 saturated carbocycles. The number of nitrogens with one attached hydrogen (secondary N) is 2. The molecule has 3 fully saturated rings. The molecule has 0 aromatic carbocycles. The Kier molecular flexibility index (Phi) is 6.14. The number of ether oxygens (including phenoxy) is 1. The summed E-state index contributed by atoms with van der Waals surface area (Å²) in [6, 6.07) is -0.674. The van der Waals surface area contributed by atoms with E-state index in [9.17, 15) is 14.4 Å². The van der Waals surface area contributed by atoms with Gasteiger partial charge in [-0.1, -0.05) is 19.3 Å². The second kappa shape index (κ2) is 8.53. The van der Waals surface area contributed by atoms with Gasteiger partial charge in [-0.3, -0.25) is 24.8 Å². The highest BCUT2D eigenvalue weighted by Gasteiger charge is 2.42. The van der Waals surface area contributed by atoms with Gasteiger partial charge in [-0.25, -0.2) is 4.79 Å². The van der Waals surface area contributed by atoms with E-state index < -0.39 is 23.8 Å². The minimum absolute atomic E-state index is 0.0944. The van der Waals surface area contributed by atoms with Gasteiger partial charge in [0.1, 0.15) is 13.1 Å². The number of hydrogen-bond acceptors (Lipinski definition) is 5. The minimum Gasteiger partial charge on any atom is -0.370 e. The number of rotatable bonds is 5. The van der Waals surface area contributed by atoms with Crippen LogP contribution in [0.15, 0.2) is 4.99 Å². The molecule has 138 valence electrons. The normalized spacial score (nSPS) is 27.1. The van der Waals surface area contributed by atoms with Crippen molar-refractivity contribution < 1.29 is 24.0 Å². The zero-order valence-corrected chi connectivity index (χ0v) is 14.5. The summed E-state index contributed by atoms with van der Waals surface area (Å²) in [6.45, 7) is 4.87. The lowest BCUT2D eigenvalue weighted by Crippen LogP contribution is -3.14. The number of imide groups is 2. The predicted octanol–water partition coefficient (Wildman–Crippen LogP) is -1.00. The number of aliphatic imine (C=N–C) groups is 1. The van der Waals surface area contributed by atoms with Crippen molar-refractivity contribution in [1.29, 1.82) is 0 Å². The quantitative estimate of drug-likeness (QED) is 0.491. The van der Waals surface area contributed by atoms with Gasteiger partial charge in [-0.05, 0) is 12.8 Å². The first-order valence-electron chi connectivity index (χ1n) is 9.26. The second-order valence-electron chi connectivity index (χ2n) is 6.94. The molecule has 1 atom stereocenters. The highest BCUT2D eigenvalue weighted by atomic mass is 16.5. The van der Waals surface area contributed by atoms with E-state index in [4.69, 9.17) is 4.74 Å². The van der Waals surface area contributed by atoms with Crippen LogP contribution in [0.5, 0.6) is 0 Å². The fourth-order valence-corrected chi connectivity index (χ4v) is 3.73. The van der Waals surface area contributed by atoms with Crippen molar-refractivity contribution in [1.82, 2.24) is 10.2 Å².